The molecule has 28 heavy (non-hydrogen) atoms. The van der Waals surface area contributed by atoms with Gasteiger partial charge in [0.1, 0.15) is 5.75 Å². The fraction of sp³-hybridized carbons (Fsp3) is 0.304. The van der Waals surface area contributed by atoms with E-state index in [4.69, 9.17) is 4.74 Å². The Morgan fingerprint density at radius 1 is 1.04 bits per heavy atom. The average molecular weight is 378 g/mol. The summed E-state index contributed by atoms with van der Waals surface area (Å²) in [6.45, 7) is 6.92. The fourth-order valence-corrected chi connectivity index (χ4v) is 3.28. The molecule has 1 aromatic heterocycles. The summed E-state index contributed by atoms with van der Waals surface area (Å²) >= 11 is 0. The SMILES string of the molecule is COc1ccccc1CC(=O)Nc1cccc2c(=O)n(CC(C)(C)C)ccc12. The highest BCUT2D eigenvalue weighted by molar-refractivity contribution is 6.02. The van der Waals surface area contributed by atoms with Crippen molar-refractivity contribution in [2.45, 2.75) is 33.7 Å². The largest absolute Gasteiger partial charge is 0.496 e. The Hall–Kier alpha value is -3.08. The number of benzene rings is 2. The molecule has 2 aromatic carbocycles. The van der Waals surface area contributed by atoms with Crippen molar-refractivity contribution in [3.8, 4) is 5.75 Å². The first-order valence-corrected chi connectivity index (χ1v) is 9.32. The van der Waals surface area contributed by atoms with Gasteiger partial charge in [-0.15, -0.1) is 0 Å². The van der Waals surface area contributed by atoms with Crippen molar-refractivity contribution >= 4 is 22.4 Å². The average Bonchev–Trinajstić information content (AvgIpc) is 2.64. The molecule has 5 heteroatoms. The number of hydrogen-bond donors (Lipinski definition) is 1. The number of anilines is 1. The smallest absolute Gasteiger partial charge is 0.258 e. The van der Waals surface area contributed by atoms with E-state index in [1.54, 1.807) is 30.0 Å². The van der Waals surface area contributed by atoms with Crippen molar-refractivity contribution in [2.75, 3.05) is 12.4 Å². The Morgan fingerprint density at radius 2 is 1.79 bits per heavy atom. The Balaban J connectivity index is 1.88. The van der Waals surface area contributed by atoms with E-state index in [1.165, 1.54) is 0 Å². The summed E-state index contributed by atoms with van der Waals surface area (Å²) in [4.78, 5) is 25.4. The number of fused-ring (bicyclic) bond motifs is 1. The Labute approximate surface area is 165 Å². The Kier molecular flexibility index (Phi) is 5.54. The first-order valence-electron chi connectivity index (χ1n) is 9.32. The van der Waals surface area contributed by atoms with Crippen LogP contribution in [-0.2, 0) is 17.8 Å². The highest BCUT2D eigenvalue weighted by Gasteiger charge is 2.15. The van der Waals surface area contributed by atoms with Crippen molar-refractivity contribution in [3.05, 3.63) is 70.6 Å². The molecule has 0 radical (unpaired) electrons. The van der Waals surface area contributed by atoms with E-state index in [-0.39, 0.29) is 23.3 Å². The molecule has 0 aliphatic rings. The summed E-state index contributed by atoms with van der Waals surface area (Å²) in [5, 5.41) is 4.28. The van der Waals surface area contributed by atoms with Gasteiger partial charge in [0.15, 0.2) is 0 Å². The summed E-state index contributed by atoms with van der Waals surface area (Å²) < 4.78 is 7.04. The van der Waals surface area contributed by atoms with Gasteiger partial charge in [0.2, 0.25) is 5.91 Å². The number of nitrogens with one attached hydrogen (secondary N) is 1. The van der Waals surface area contributed by atoms with Crippen LogP contribution in [0.15, 0.2) is 59.5 Å². The predicted octanol–water partition coefficient (Wildman–Crippen LogP) is 4.24. The molecule has 0 aliphatic heterocycles. The van der Waals surface area contributed by atoms with Crippen molar-refractivity contribution in [1.82, 2.24) is 4.57 Å². The van der Waals surface area contributed by atoms with Gasteiger partial charge in [0.25, 0.3) is 5.56 Å². The van der Waals surface area contributed by atoms with E-state index in [0.717, 1.165) is 10.9 Å². The molecule has 0 aliphatic carbocycles. The lowest BCUT2D eigenvalue weighted by atomic mass is 9.96. The molecule has 0 bridgehead atoms. The van der Waals surface area contributed by atoms with Crippen LogP contribution in [0.1, 0.15) is 26.3 Å². The van der Waals surface area contributed by atoms with Crippen LogP contribution >= 0.6 is 0 Å². The Bertz CT molecular complexity index is 1060. The van der Waals surface area contributed by atoms with Gasteiger partial charge in [-0.1, -0.05) is 45.0 Å². The molecular formula is C23H26N2O3. The first-order chi connectivity index (χ1) is 13.3. The van der Waals surface area contributed by atoms with Gasteiger partial charge in [-0.05, 0) is 29.7 Å². The highest BCUT2D eigenvalue weighted by Crippen LogP contribution is 2.23. The second kappa shape index (κ2) is 7.89. The number of para-hydroxylation sites is 1. The molecule has 1 heterocycles. The van der Waals surface area contributed by atoms with Crippen LogP contribution in [0, 0.1) is 5.41 Å². The molecule has 146 valence electrons. The van der Waals surface area contributed by atoms with E-state index in [9.17, 15) is 9.59 Å². The summed E-state index contributed by atoms with van der Waals surface area (Å²) in [5.74, 6) is 0.525. The van der Waals surface area contributed by atoms with Gasteiger partial charge in [-0.2, -0.15) is 0 Å². The molecule has 0 unspecified atom stereocenters. The molecule has 0 spiro atoms. The van der Waals surface area contributed by atoms with Crippen LogP contribution in [0.5, 0.6) is 5.75 Å². The predicted molar refractivity (Wildman–Crippen MR) is 113 cm³/mol. The van der Waals surface area contributed by atoms with Gasteiger partial charge in [-0.3, -0.25) is 9.59 Å². The standard InChI is InChI=1S/C23H26N2O3/c1-23(2,3)15-25-13-12-17-18(22(25)27)9-7-10-19(17)24-21(26)14-16-8-5-6-11-20(16)28-4/h5-13H,14-15H2,1-4H3,(H,24,26). The van der Waals surface area contributed by atoms with Crippen molar-refractivity contribution in [1.29, 1.82) is 0 Å². The first kappa shape index (κ1) is 19.7. The molecule has 0 saturated carbocycles. The quantitative estimate of drug-likeness (QED) is 0.722. The fourth-order valence-electron chi connectivity index (χ4n) is 3.28. The zero-order valence-electron chi connectivity index (χ0n) is 16.8. The molecule has 1 N–H and O–H groups in total. The molecule has 0 fully saturated rings. The molecule has 3 rings (SSSR count). The number of nitrogens with zero attached hydrogens (tertiary/aromatic N) is 1. The van der Waals surface area contributed by atoms with Gasteiger partial charge in [0.05, 0.1) is 13.5 Å². The minimum atomic E-state index is -0.157. The third-order valence-electron chi connectivity index (χ3n) is 4.48. The topological polar surface area (TPSA) is 60.3 Å². The van der Waals surface area contributed by atoms with Crippen LogP contribution in [0.4, 0.5) is 5.69 Å². The highest BCUT2D eigenvalue weighted by atomic mass is 16.5. The van der Waals surface area contributed by atoms with E-state index < -0.39 is 0 Å². The lowest BCUT2D eigenvalue weighted by Crippen LogP contribution is -2.26. The normalized spacial score (nSPS) is 11.4. The molecule has 0 saturated heterocycles. The number of ether oxygens (including phenoxy) is 1. The van der Waals surface area contributed by atoms with Crippen molar-refractivity contribution in [3.63, 3.8) is 0 Å². The molecule has 0 atom stereocenters. The van der Waals surface area contributed by atoms with Crippen molar-refractivity contribution < 1.29 is 9.53 Å². The maximum absolute atomic E-state index is 12.9. The van der Waals surface area contributed by atoms with E-state index in [0.29, 0.717) is 23.4 Å². The molecular weight excluding hydrogens is 352 g/mol. The maximum atomic E-state index is 12.9. The zero-order chi connectivity index (χ0) is 20.3. The minimum Gasteiger partial charge on any atom is -0.496 e. The Morgan fingerprint density at radius 3 is 2.50 bits per heavy atom. The lowest BCUT2D eigenvalue weighted by molar-refractivity contribution is -0.115. The number of carbonyl (C=O) groups is 1. The number of hydrogen-bond acceptors (Lipinski definition) is 3. The second-order valence-electron chi connectivity index (χ2n) is 8.11. The van der Waals surface area contributed by atoms with E-state index >= 15 is 0 Å². The lowest BCUT2D eigenvalue weighted by Gasteiger charge is -2.20. The molecule has 3 aromatic rings. The number of carbonyl (C=O) groups excluding carboxylic acids is 1. The van der Waals surface area contributed by atoms with Crippen LogP contribution in [0.2, 0.25) is 0 Å². The maximum Gasteiger partial charge on any atom is 0.258 e. The number of rotatable bonds is 5. The number of pyridine rings is 1. The minimum absolute atomic E-state index is 0.00192. The third kappa shape index (κ3) is 4.42. The van der Waals surface area contributed by atoms with E-state index in [2.05, 4.69) is 26.1 Å². The number of aromatic nitrogens is 1. The zero-order valence-corrected chi connectivity index (χ0v) is 16.8. The number of methoxy groups -OCH3 is 1. The van der Waals surface area contributed by atoms with Gasteiger partial charge < -0.3 is 14.6 Å². The third-order valence-corrected chi connectivity index (χ3v) is 4.48. The number of amides is 1. The van der Waals surface area contributed by atoms with Crippen LogP contribution in [0.25, 0.3) is 10.8 Å². The molecule has 5 nitrogen and oxygen atoms in total. The summed E-state index contributed by atoms with van der Waals surface area (Å²) in [7, 11) is 1.59. The van der Waals surface area contributed by atoms with E-state index in [1.807, 2.05) is 36.4 Å². The van der Waals surface area contributed by atoms with Gasteiger partial charge in [0, 0.05) is 34.8 Å². The summed E-state index contributed by atoms with van der Waals surface area (Å²) in [5.41, 5.74) is 1.40. The molecule has 1 amide bonds. The van der Waals surface area contributed by atoms with Crippen LogP contribution in [-0.4, -0.2) is 17.6 Å². The second-order valence-corrected chi connectivity index (χ2v) is 8.11. The summed E-state index contributed by atoms with van der Waals surface area (Å²) in [6.07, 6.45) is 1.99. The van der Waals surface area contributed by atoms with Crippen molar-refractivity contribution in [2.24, 2.45) is 5.41 Å². The van der Waals surface area contributed by atoms with Gasteiger partial charge >= 0.3 is 0 Å². The van der Waals surface area contributed by atoms with Crippen LogP contribution in [0.3, 0.4) is 0 Å². The monoisotopic (exact) mass is 378 g/mol. The summed E-state index contributed by atoms with van der Waals surface area (Å²) in [6, 6.07) is 14.7. The van der Waals surface area contributed by atoms with Gasteiger partial charge in [-0.25, -0.2) is 0 Å². The van der Waals surface area contributed by atoms with Crippen LogP contribution < -0.4 is 15.6 Å².